The maximum absolute atomic E-state index is 11.7. The predicted octanol–water partition coefficient (Wildman–Crippen LogP) is 0.331. The van der Waals surface area contributed by atoms with E-state index in [0.717, 1.165) is 12.3 Å². The van der Waals surface area contributed by atoms with Gasteiger partial charge in [-0.25, -0.2) is 9.78 Å². The van der Waals surface area contributed by atoms with Gasteiger partial charge in [-0.2, -0.15) is 0 Å². The van der Waals surface area contributed by atoms with Gasteiger partial charge in [-0.1, -0.05) is 0 Å². The van der Waals surface area contributed by atoms with Gasteiger partial charge in [-0.15, -0.1) is 0 Å². The Hall–Kier alpha value is -2.71. The average Bonchev–Trinajstić information content (AvgIpc) is 2.70. The minimum Gasteiger partial charge on any atom is -0.477 e. The summed E-state index contributed by atoms with van der Waals surface area (Å²) in [6.45, 7) is 0.593. The molecule has 1 aromatic rings. The molecule has 1 unspecified atom stereocenters. The number of nitrogens with one attached hydrogen (secondary N) is 1. The number of anilines is 1. The molecule has 20 heavy (non-hydrogen) atoms. The molecule has 2 rings (SSSR count). The second-order valence-electron chi connectivity index (χ2n) is 4.39. The number of carbonyl (C=O) groups excluding carboxylic acids is 1. The minimum absolute atomic E-state index is 0.123. The van der Waals surface area contributed by atoms with Gasteiger partial charge < -0.3 is 15.3 Å². The molecule has 2 heterocycles. The van der Waals surface area contributed by atoms with E-state index in [1.807, 2.05) is 0 Å². The van der Waals surface area contributed by atoms with Crippen molar-refractivity contribution in [2.45, 2.75) is 12.5 Å². The molecule has 2 N–H and O–H groups in total. The van der Waals surface area contributed by atoms with Gasteiger partial charge in [0.25, 0.3) is 0 Å². The summed E-state index contributed by atoms with van der Waals surface area (Å²) in [5.74, 6) is -1.42. The van der Waals surface area contributed by atoms with E-state index >= 15 is 0 Å². The molecule has 0 aromatic carbocycles. The minimum atomic E-state index is -1.42. The standard InChI is InChI=1S/C11H12N4O5/c1-14-3-2-7(10(14)16)13-9-4-6(11(17)18)8(5-12-9)15(19)20/h4-5,7H,2-3H2,1H3,(H,12,13)(H,17,18). The van der Waals surface area contributed by atoms with Crippen molar-refractivity contribution in [3.63, 3.8) is 0 Å². The number of nitro groups is 1. The second kappa shape index (κ2) is 5.11. The number of hydrogen-bond acceptors (Lipinski definition) is 6. The first-order valence-corrected chi connectivity index (χ1v) is 5.79. The molecule has 1 saturated heterocycles. The number of hydrogen-bond donors (Lipinski definition) is 2. The van der Waals surface area contributed by atoms with Crippen molar-refractivity contribution >= 4 is 23.4 Å². The maximum Gasteiger partial charge on any atom is 0.342 e. The highest BCUT2D eigenvalue weighted by molar-refractivity contribution is 5.93. The van der Waals surface area contributed by atoms with Gasteiger partial charge in [-0.05, 0) is 6.42 Å². The number of likely N-dealkylation sites (N-methyl/N-ethyl adjacent to an activating group) is 1. The average molecular weight is 280 g/mol. The molecule has 0 saturated carbocycles. The Morgan fingerprint density at radius 3 is 2.85 bits per heavy atom. The van der Waals surface area contributed by atoms with E-state index in [1.165, 1.54) is 0 Å². The van der Waals surface area contributed by atoms with Crippen LogP contribution in [-0.2, 0) is 4.79 Å². The lowest BCUT2D eigenvalue weighted by atomic mass is 10.2. The summed E-state index contributed by atoms with van der Waals surface area (Å²) >= 11 is 0. The lowest BCUT2D eigenvalue weighted by molar-refractivity contribution is -0.385. The lowest BCUT2D eigenvalue weighted by Gasteiger charge is -2.12. The number of aromatic carboxylic acids is 1. The van der Waals surface area contributed by atoms with E-state index in [2.05, 4.69) is 10.3 Å². The SMILES string of the molecule is CN1CCC(Nc2cc(C(=O)O)c([N+](=O)[O-])cn2)C1=O. The van der Waals surface area contributed by atoms with Crippen LogP contribution in [0.25, 0.3) is 0 Å². The Balaban J connectivity index is 2.26. The Bertz CT molecular complexity index is 588. The van der Waals surface area contributed by atoms with Crippen LogP contribution in [0.4, 0.5) is 11.5 Å². The molecule has 1 atom stereocenters. The molecule has 0 bridgehead atoms. The number of carbonyl (C=O) groups is 2. The molecule has 0 spiro atoms. The molecule has 0 aliphatic carbocycles. The zero-order chi connectivity index (χ0) is 14.9. The number of nitrogens with zero attached hydrogens (tertiary/aromatic N) is 3. The van der Waals surface area contributed by atoms with Crippen LogP contribution in [0.5, 0.6) is 0 Å². The molecule has 1 aliphatic rings. The summed E-state index contributed by atoms with van der Waals surface area (Å²) in [5, 5.41) is 22.5. The Labute approximate surface area is 113 Å². The first-order chi connectivity index (χ1) is 9.40. The number of pyridine rings is 1. The zero-order valence-corrected chi connectivity index (χ0v) is 10.6. The van der Waals surface area contributed by atoms with Crippen molar-refractivity contribution in [1.29, 1.82) is 0 Å². The summed E-state index contributed by atoms with van der Waals surface area (Å²) in [5.41, 5.74) is -1.05. The summed E-state index contributed by atoms with van der Waals surface area (Å²) < 4.78 is 0. The van der Waals surface area contributed by atoms with Gasteiger partial charge in [-0.3, -0.25) is 14.9 Å². The number of aromatic nitrogens is 1. The zero-order valence-electron chi connectivity index (χ0n) is 10.6. The van der Waals surface area contributed by atoms with E-state index in [-0.39, 0.29) is 11.7 Å². The molecule has 1 aromatic heterocycles. The van der Waals surface area contributed by atoms with E-state index in [9.17, 15) is 19.7 Å². The van der Waals surface area contributed by atoms with Crippen molar-refractivity contribution in [3.05, 3.63) is 27.9 Å². The summed E-state index contributed by atoms with van der Waals surface area (Å²) in [7, 11) is 1.66. The van der Waals surface area contributed by atoms with Gasteiger partial charge in [0.1, 0.15) is 23.6 Å². The van der Waals surface area contributed by atoms with Crippen LogP contribution in [0, 0.1) is 10.1 Å². The Morgan fingerprint density at radius 2 is 2.35 bits per heavy atom. The predicted molar refractivity (Wildman–Crippen MR) is 67.5 cm³/mol. The number of amides is 1. The molecular formula is C11H12N4O5. The van der Waals surface area contributed by atoms with Crippen LogP contribution < -0.4 is 5.32 Å². The number of likely N-dealkylation sites (tertiary alicyclic amines) is 1. The molecule has 1 aliphatic heterocycles. The number of rotatable bonds is 4. The van der Waals surface area contributed by atoms with E-state index in [1.54, 1.807) is 11.9 Å². The van der Waals surface area contributed by atoms with Crippen molar-refractivity contribution in [2.24, 2.45) is 0 Å². The molecule has 9 nitrogen and oxygen atoms in total. The highest BCUT2D eigenvalue weighted by atomic mass is 16.6. The fraction of sp³-hybridized carbons (Fsp3) is 0.364. The quantitative estimate of drug-likeness (QED) is 0.601. The number of carboxylic acid groups (broad SMARTS) is 1. The lowest BCUT2D eigenvalue weighted by Crippen LogP contribution is -2.31. The smallest absolute Gasteiger partial charge is 0.342 e. The highest BCUT2D eigenvalue weighted by Crippen LogP contribution is 2.22. The summed E-state index contributed by atoms with van der Waals surface area (Å²) in [4.78, 5) is 37.9. The van der Waals surface area contributed by atoms with Gasteiger partial charge in [0.05, 0.1) is 4.92 Å². The molecule has 106 valence electrons. The molecule has 0 radical (unpaired) electrons. The van der Waals surface area contributed by atoms with E-state index < -0.39 is 28.2 Å². The molecule has 1 amide bonds. The van der Waals surface area contributed by atoms with Gasteiger partial charge in [0, 0.05) is 19.7 Å². The Kier molecular flexibility index (Phi) is 3.51. The van der Waals surface area contributed by atoms with Crippen molar-refractivity contribution in [2.75, 3.05) is 18.9 Å². The second-order valence-corrected chi connectivity index (χ2v) is 4.39. The van der Waals surface area contributed by atoms with Crippen molar-refractivity contribution in [1.82, 2.24) is 9.88 Å². The first-order valence-electron chi connectivity index (χ1n) is 5.79. The maximum atomic E-state index is 11.7. The van der Waals surface area contributed by atoms with Crippen LogP contribution >= 0.6 is 0 Å². The van der Waals surface area contributed by atoms with Crippen LogP contribution in [0.2, 0.25) is 0 Å². The number of carboxylic acids is 1. The van der Waals surface area contributed by atoms with Crippen LogP contribution in [-0.4, -0.2) is 51.4 Å². The molecule has 9 heteroatoms. The molecular weight excluding hydrogens is 268 g/mol. The fourth-order valence-electron chi connectivity index (χ4n) is 1.98. The first kappa shape index (κ1) is 13.7. The van der Waals surface area contributed by atoms with Gasteiger partial charge in [0.2, 0.25) is 5.91 Å². The third-order valence-corrected chi connectivity index (χ3v) is 3.06. The monoisotopic (exact) mass is 280 g/mol. The third kappa shape index (κ3) is 2.51. The largest absolute Gasteiger partial charge is 0.477 e. The normalized spacial score (nSPS) is 18.1. The topological polar surface area (TPSA) is 126 Å². The third-order valence-electron chi connectivity index (χ3n) is 3.06. The van der Waals surface area contributed by atoms with Crippen LogP contribution in [0.15, 0.2) is 12.3 Å². The van der Waals surface area contributed by atoms with Crippen LogP contribution in [0.3, 0.4) is 0 Å². The Morgan fingerprint density at radius 1 is 1.65 bits per heavy atom. The van der Waals surface area contributed by atoms with Crippen molar-refractivity contribution in [3.8, 4) is 0 Å². The van der Waals surface area contributed by atoms with E-state index in [4.69, 9.17) is 5.11 Å². The summed E-state index contributed by atoms with van der Waals surface area (Å²) in [6.07, 6.45) is 1.44. The van der Waals surface area contributed by atoms with Crippen molar-refractivity contribution < 1.29 is 19.6 Å². The van der Waals surface area contributed by atoms with Gasteiger partial charge >= 0.3 is 11.7 Å². The highest BCUT2D eigenvalue weighted by Gasteiger charge is 2.30. The van der Waals surface area contributed by atoms with Crippen LogP contribution in [0.1, 0.15) is 16.8 Å². The molecule has 1 fully saturated rings. The fourth-order valence-corrected chi connectivity index (χ4v) is 1.98. The summed E-state index contributed by atoms with van der Waals surface area (Å²) in [6, 6.07) is 0.571. The van der Waals surface area contributed by atoms with Gasteiger partial charge in [0.15, 0.2) is 0 Å². The van der Waals surface area contributed by atoms with E-state index in [0.29, 0.717) is 13.0 Å².